The number of hydrogen-bond donors (Lipinski definition) is 2. The standard InChI is InChI=1S/C7H9FN2O4/c8-1-2-10-5(11)3-4(6(12)13)9-7(10)14/h4H,1-3H2,(H,9,14)(H,12,13). The van der Waals surface area contributed by atoms with Gasteiger partial charge in [-0.25, -0.2) is 14.0 Å². The molecule has 0 aliphatic carbocycles. The van der Waals surface area contributed by atoms with Gasteiger partial charge in [0.1, 0.15) is 12.7 Å². The monoisotopic (exact) mass is 204 g/mol. The van der Waals surface area contributed by atoms with Crippen molar-refractivity contribution < 1.29 is 23.9 Å². The molecule has 1 fully saturated rings. The lowest BCUT2D eigenvalue weighted by Gasteiger charge is -2.28. The molecule has 1 rings (SSSR count). The molecule has 1 atom stereocenters. The first-order chi connectivity index (χ1) is 6.56. The Bertz CT molecular complexity index is 263. The summed E-state index contributed by atoms with van der Waals surface area (Å²) in [6.07, 6.45) is -0.332. The Kier molecular flexibility index (Phi) is 3.00. The molecule has 7 heteroatoms. The van der Waals surface area contributed by atoms with E-state index in [2.05, 4.69) is 5.32 Å². The topological polar surface area (TPSA) is 86.7 Å². The van der Waals surface area contributed by atoms with Crippen molar-refractivity contribution in [3.8, 4) is 0 Å². The van der Waals surface area contributed by atoms with Gasteiger partial charge >= 0.3 is 12.0 Å². The van der Waals surface area contributed by atoms with E-state index in [1.54, 1.807) is 0 Å². The summed E-state index contributed by atoms with van der Waals surface area (Å²) in [5.74, 6) is -1.94. The number of nitrogens with one attached hydrogen (secondary N) is 1. The van der Waals surface area contributed by atoms with Crippen molar-refractivity contribution in [3.05, 3.63) is 0 Å². The molecule has 14 heavy (non-hydrogen) atoms. The summed E-state index contributed by atoms with van der Waals surface area (Å²) in [4.78, 5) is 33.3. The van der Waals surface area contributed by atoms with Crippen molar-refractivity contribution in [3.63, 3.8) is 0 Å². The molecule has 0 spiro atoms. The van der Waals surface area contributed by atoms with Crippen molar-refractivity contribution in [1.82, 2.24) is 10.2 Å². The minimum atomic E-state index is -1.27. The molecule has 0 radical (unpaired) electrons. The van der Waals surface area contributed by atoms with Gasteiger partial charge in [0.2, 0.25) is 5.91 Å². The first-order valence-corrected chi connectivity index (χ1v) is 3.96. The van der Waals surface area contributed by atoms with Crippen LogP contribution in [-0.2, 0) is 9.59 Å². The number of carbonyl (C=O) groups excluding carboxylic acids is 2. The molecule has 1 aliphatic heterocycles. The number of amides is 3. The lowest BCUT2D eigenvalue weighted by molar-refractivity contribution is -0.144. The number of imide groups is 1. The van der Waals surface area contributed by atoms with Crippen LogP contribution in [0.15, 0.2) is 0 Å². The van der Waals surface area contributed by atoms with E-state index in [1.165, 1.54) is 0 Å². The van der Waals surface area contributed by atoms with Crippen LogP contribution in [-0.4, -0.2) is 47.2 Å². The number of carboxylic acids is 1. The van der Waals surface area contributed by atoms with Gasteiger partial charge in [-0.15, -0.1) is 0 Å². The third-order valence-electron chi connectivity index (χ3n) is 1.83. The molecular weight excluding hydrogens is 195 g/mol. The number of carboxylic acid groups (broad SMARTS) is 1. The second-order valence-corrected chi connectivity index (χ2v) is 2.78. The summed E-state index contributed by atoms with van der Waals surface area (Å²) in [7, 11) is 0. The minimum Gasteiger partial charge on any atom is -0.480 e. The van der Waals surface area contributed by atoms with Gasteiger partial charge in [-0.3, -0.25) is 9.69 Å². The predicted octanol–water partition coefficient (Wildman–Crippen LogP) is -0.649. The summed E-state index contributed by atoms with van der Waals surface area (Å²) in [6.45, 7) is -1.17. The maximum atomic E-state index is 11.9. The molecule has 3 amide bonds. The molecule has 0 aromatic heterocycles. The fourth-order valence-electron chi connectivity index (χ4n) is 1.14. The SMILES string of the molecule is O=C(O)C1CC(=O)N(CCF)C(=O)N1. The molecule has 6 nitrogen and oxygen atoms in total. The third-order valence-corrected chi connectivity index (χ3v) is 1.83. The Hall–Kier alpha value is -1.66. The quantitative estimate of drug-likeness (QED) is 0.639. The van der Waals surface area contributed by atoms with Crippen molar-refractivity contribution in [2.24, 2.45) is 0 Å². The summed E-state index contributed by atoms with van der Waals surface area (Å²) >= 11 is 0. The van der Waals surface area contributed by atoms with Crippen LogP contribution in [0.5, 0.6) is 0 Å². The summed E-state index contributed by atoms with van der Waals surface area (Å²) in [5.41, 5.74) is 0. The van der Waals surface area contributed by atoms with Crippen LogP contribution in [0.2, 0.25) is 0 Å². The molecule has 0 saturated carbocycles. The van der Waals surface area contributed by atoms with Gasteiger partial charge in [-0.1, -0.05) is 0 Å². The molecule has 1 aliphatic rings. The Morgan fingerprint density at radius 3 is 2.71 bits per heavy atom. The number of hydrogen-bond acceptors (Lipinski definition) is 3. The van der Waals surface area contributed by atoms with Gasteiger partial charge < -0.3 is 10.4 Å². The molecule has 1 unspecified atom stereocenters. The molecule has 2 N–H and O–H groups in total. The number of urea groups is 1. The molecule has 78 valence electrons. The third kappa shape index (κ3) is 1.98. The fraction of sp³-hybridized carbons (Fsp3) is 0.571. The maximum Gasteiger partial charge on any atom is 0.326 e. The highest BCUT2D eigenvalue weighted by atomic mass is 19.1. The first-order valence-electron chi connectivity index (χ1n) is 3.96. The Morgan fingerprint density at radius 1 is 1.64 bits per heavy atom. The van der Waals surface area contributed by atoms with Gasteiger partial charge in [-0.05, 0) is 0 Å². The Morgan fingerprint density at radius 2 is 2.29 bits per heavy atom. The zero-order chi connectivity index (χ0) is 10.7. The molecule has 1 saturated heterocycles. The van der Waals surface area contributed by atoms with Crippen LogP contribution in [0.25, 0.3) is 0 Å². The molecule has 0 aromatic rings. The molecule has 0 bridgehead atoms. The van der Waals surface area contributed by atoms with E-state index in [-0.39, 0.29) is 13.0 Å². The smallest absolute Gasteiger partial charge is 0.326 e. The van der Waals surface area contributed by atoms with Crippen LogP contribution >= 0.6 is 0 Å². The van der Waals surface area contributed by atoms with Gasteiger partial charge in [0.25, 0.3) is 0 Å². The van der Waals surface area contributed by atoms with E-state index in [1.807, 2.05) is 0 Å². The van der Waals surface area contributed by atoms with Crippen molar-refractivity contribution in [2.45, 2.75) is 12.5 Å². The fourth-order valence-corrected chi connectivity index (χ4v) is 1.14. The number of nitrogens with zero attached hydrogens (tertiary/aromatic N) is 1. The lowest BCUT2D eigenvalue weighted by atomic mass is 10.1. The molecule has 0 aromatic carbocycles. The predicted molar refractivity (Wildman–Crippen MR) is 42.3 cm³/mol. The highest BCUT2D eigenvalue weighted by Gasteiger charge is 2.35. The minimum absolute atomic E-state index is 0.332. The van der Waals surface area contributed by atoms with Gasteiger partial charge in [0.05, 0.1) is 13.0 Å². The van der Waals surface area contributed by atoms with Crippen molar-refractivity contribution in [2.75, 3.05) is 13.2 Å². The largest absolute Gasteiger partial charge is 0.480 e. The normalized spacial score (nSPS) is 22.1. The summed E-state index contributed by atoms with van der Waals surface area (Å²) in [6, 6.07) is -2.06. The van der Waals surface area contributed by atoms with Gasteiger partial charge in [-0.2, -0.15) is 0 Å². The number of aliphatic carboxylic acids is 1. The average Bonchev–Trinajstić information content (AvgIpc) is 2.10. The van der Waals surface area contributed by atoms with Crippen LogP contribution in [0.4, 0.5) is 9.18 Å². The maximum absolute atomic E-state index is 11.9. The lowest BCUT2D eigenvalue weighted by Crippen LogP contribution is -2.57. The Labute approximate surface area is 78.7 Å². The van der Waals surface area contributed by atoms with Gasteiger partial charge in [0.15, 0.2) is 0 Å². The van der Waals surface area contributed by atoms with Crippen LogP contribution < -0.4 is 5.32 Å². The van der Waals surface area contributed by atoms with E-state index in [0.29, 0.717) is 4.90 Å². The zero-order valence-corrected chi connectivity index (χ0v) is 7.20. The van der Waals surface area contributed by atoms with E-state index in [9.17, 15) is 18.8 Å². The van der Waals surface area contributed by atoms with E-state index in [4.69, 9.17) is 5.11 Å². The summed E-state index contributed by atoms with van der Waals surface area (Å²) in [5, 5.41) is 10.6. The number of alkyl halides is 1. The second-order valence-electron chi connectivity index (χ2n) is 2.78. The van der Waals surface area contributed by atoms with Crippen LogP contribution in [0.1, 0.15) is 6.42 Å². The first kappa shape index (κ1) is 10.4. The van der Waals surface area contributed by atoms with Crippen molar-refractivity contribution >= 4 is 17.9 Å². The number of rotatable bonds is 3. The van der Waals surface area contributed by atoms with E-state index >= 15 is 0 Å². The Balaban J connectivity index is 2.68. The number of halogens is 1. The van der Waals surface area contributed by atoms with Crippen molar-refractivity contribution in [1.29, 1.82) is 0 Å². The highest BCUT2D eigenvalue weighted by molar-refractivity contribution is 6.01. The number of carbonyl (C=O) groups is 3. The van der Waals surface area contributed by atoms with Crippen LogP contribution in [0.3, 0.4) is 0 Å². The van der Waals surface area contributed by atoms with E-state index < -0.39 is 30.6 Å². The van der Waals surface area contributed by atoms with E-state index in [0.717, 1.165) is 0 Å². The van der Waals surface area contributed by atoms with Crippen LogP contribution in [0, 0.1) is 0 Å². The average molecular weight is 204 g/mol. The highest BCUT2D eigenvalue weighted by Crippen LogP contribution is 2.07. The second kappa shape index (κ2) is 4.03. The summed E-state index contributed by atoms with van der Waals surface area (Å²) < 4.78 is 11.9. The molecular formula is C7H9FN2O4. The zero-order valence-electron chi connectivity index (χ0n) is 7.20. The molecule has 1 heterocycles. The van der Waals surface area contributed by atoms with Gasteiger partial charge in [0, 0.05) is 0 Å².